The topological polar surface area (TPSA) is 23.6 Å². The molecule has 0 radical (unpaired) electrons. The molecule has 3 rings (SSSR count). The number of hydrogen-bond donors (Lipinski definition) is 0. The highest BCUT2D eigenvalue weighted by atomic mass is 16.2. The summed E-state index contributed by atoms with van der Waals surface area (Å²) in [6.45, 7) is 6.44. The number of rotatable bonds is 2. The third-order valence-electron chi connectivity index (χ3n) is 4.67. The average molecular weight is 308 g/mol. The second kappa shape index (κ2) is 6.45. The van der Waals surface area contributed by atoms with E-state index in [4.69, 9.17) is 0 Å². The summed E-state index contributed by atoms with van der Waals surface area (Å²) in [5.74, 6) is 0.229. The van der Waals surface area contributed by atoms with Crippen molar-refractivity contribution in [2.45, 2.75) is 26.8 Å². The molecule has 0 spiro atoms. The molecule has 3 nitrogen and oxygen atoms in total. The standard InChI is InChI=1S/C20H24N2O/c1-4-20(23)22-12-11-21(3)19-10-9-16(13-17(19)14-22)18-8-6-5-7-15(18)2/h5-10,13H,4,11-12,14H2,1-3H3. The molecule has 0 fully saturated rings. The molecule has 3 heteroatoms. The van der Waals surface area contributed by atoms with Gasteiger partial charge in [-0.1, -0.05) is 37.3 Å². The van der Waals surface area contributed by atoms with E-state index >= 15 is 0 Å². The highest BCUT2D eigenvalue weighted by Gasteiger charge is 2.20. The molecule has 0 saturated carbocycles. The van der Waals surface area contributed by atoms with Crippen LogP contribution in [0.15, 0.2) is 42.5 Å². The fraction of sp³-hybridized carbons (Fsp3) is 0.350. The predicted octanol–water partition coefficient (Wildman–Crippen LogP) is 3.85. The summed E-state index contributed by atoms with van der Waals surface area (Å²) < 4.78 is 0. The Morgan fingerprint density at radius 3 is 2.65 bits per heavy atom. The van der Waals surface area contributed by atoms with Crippen LogP contribution in [0.5, 0.6) is 0 Å². The molecule has 2 aromatic rings. The molecule has 1 aliphatic heterocycles. The lowest BCUT2D eigenvalue weighted by molar-refractivity contribution is -0.131. The van der Waals surface area contributed by atoms with Gasteiger partial charge in [0.15, 0.2) is 0 Å². The van der Waals surface area contributed by atoms with Crippen molar-refractivity contribution >= 4 is 11.6 Å². The second-order valence-electron chi connectivity index (χ2n) is 6.25. The van der Waals surface area contributed by atoms with Gasteiger partial charge in [-0.05, 0) is 41.3 Å². The van der Waals surface area contributed by atoms with Crippen LogP contribution >= 0.6 is 0 Å². The number of aryl methyl sites for hydroxylation is 1. The highest BCUT2D eigenvalue weighted by Crippen LogP contribution is 2.31. The monoisotopic (exact) mass is 308 g/mol. The smallest absolute Gasteiger partial charge is 0.222 e. The molecule has 120 valence electrons. The van der Waals surface area contributed by atoms with Gasteiger partial charge >= 0.3 is 0 Å². The Kier molecular flexibility index (Phi) is 4.37. The van der Waals surface area contributed by atoms with E-state index in [-0.39, 0.29) is 5.91 Å². The quantitative estimate of drug-likeness (QED) is 0.841. The van der Waals surface area contributed by atoms with Gasteiger partial charge in [0.25, 0.3) is 0 Å². The normalized spacial score (nSPS) is 14.4. The van der Waals surface area contributed by atoms with Gasteiger partial charge in [-0.15, -0.1) is 0 Å². The molecule has 2 aromatic carbocycles. The fourth-order valence-corrected chi connectivity index (χ4v) is 3.26. The highest BCUT2D eigenvalue weighted by molar-refractivity contribution is 5.77. The SMILES string of the molecule is CCC(=O)N1CCN(C)c2ccc(-c3ccccc3C)cc2C1. The summed E-state index contributed by atoms with van der Waals surface area (Å²) in [6.07, 6.45) is 0.566. The molecule has 1 heterocycles. The van der Waals surface area contributed by atoms with Gasteiger partial charge in [-0.25, -0.2) is 0 Å². The predicted molar refractivity (Wildman–Crippen MR) is 95.6 cm³/mol. The van der Waals surface area contributed by atoms with E-state index in [9.17, 15) is 4.79 Å². The molecule has 0 atom stereocenters. The maximum Gasteiger partial charge on any atom is 0.222 e. The third-order valence-corrected chi connectivity index (χ3v) is 4.67. The minimum atomic E-state index is 0.229. The maximum absolute atomic E-state index is 12.2. The first-order valence-electron chi connectivity index (χ1n) is 8.28. The number of amides is 1. The van der Waals surface area contributed by atoms with Gasteiger partial charge in [0.2, 0.25) is 5.91 Å². The van der Waals surface area contributed by atoms with E-state index in [1.54, 1.807) is 0 Å². The first kappa shape index (κ1) is 15.6. The van der Waals surface area contributed by atoms with Crippen LogP contribution in [0.1, 0.15) is 24.5 Å². The van der Waals surface area contributed by atoms with Gasteiger partial charge in [0.05, 0.1) is 0 Å². The Balaban J connectivity index is 2.02. The summed E-state index contributed by atoms with van der Waals surface area (Å²) in [4.78, 5) is 16.4. The number of anilines is 1. The van der Waals surface area contributed by atoms with Crippen LogP contribution in [0, 0.1) is 6.92 Å². The van der Waals surface area contributed by atoms with E-state index in [2.05, 4.69) is 61.3 Å². The zero-order valence-electron chi connectivity index (χ0n) is 14.2. The van der Waals surface area contributed by atoms with Crippen molar-refractivity contribution in [1.29, 1.82) is 0 Å². The molecule has 0 bridgehead atoms. The van der Waals surface area contributed by atoms with Gasteiger partial charge in [0, 0.05) is 38.8 Å². The zero-order chi connectivity index (χ0) is 16.4. The van der Waals surface area contributed by atoms with Crippen LogP contribution in [-0.4, -0.2) is 30.9 Å². The maximum atomic E-state index is 12.2. The number of carbonyl (C=O) groups excluding carboxylic acids is 1. The van der Waals surface area contributed by atoms with Crippen LogP contribution < -0.4 is 4.90 Å². The van der Waals surface area contributed by atoms with Crippen molar-refractivity contribution in [3.05, 3.63) is 53.6 Å². The fourth-order valence-electron chi connectivity index (χ4n) is 3.26. The minimum absolute atomic E-state index is 0.229. The number of nitrogens with zero attached hydrogens (tertiary/aromatic N) is 2. The van der Waals surface area contributed by atoms with Crippen LogP contribution in [0.4, 0.5) is 5.69 Å². The van der Waals surface area contributed by atoms with Crippen molar-refractivity contribution in [1.82, 2.24) is 4.90 Å². The zero-order valence-corrected chi connectivity index (χ0v) is 14.2. The summed E-state index contributed by atoms with van der Waals surface area (Å²) >= 11 is 0. The molecule has 0 saturated heterocycles. The first-order chi connectivity index (χ1) is 11.1. The van der Waals surface area contributed by atoms with Crippen molar-refractivity contribution in [3.8, 4) is 11.1 Å². The van der Waals surface area contributed by atoms with Gasteiger partial charge in [-0.2, -0.15) is 0 Å². The second-order valence-corrected chi connectivity index (χ2v) is 6.25. The summed E-state index contributed by atoms with van der Waals surface area (Å²) in [5.41, 5.74) is 6.22. The third kappa shape index (κ3) is 3.09. The molecule has 0 unspecified atom stereocenters. The molecule has 0 aliphatic carbocycles. The Morgan fingerprint density at radius 2 is 1.91 bits per heavy atom. The Labute approximate surface area is 138 Å². The van der Waals surface area contributed by atoms with Crippen molar-refractivity contribution in [2.75, 3.05) is 25.0 Å². The van der Waals surface area contributed by atoms with Crippen LogP contribution in [-0.2, 0) is 11.3 Å². The van der Waals surface area contributed by atoms with Crippen LogP contribution in [0.25, 0.3) is 11.1 Å². The molecule has 0 aromatic heterocycles. The van der Waals surface area contributed by atoms with Gasteiger partial charge in [-0.3, -0.25) is 4.79 Å². The minimum Gasteiger partial charge on any atom is -0.373 e. The number of carbonyl (C=O) groups is 1. The number of likely N-dealkylation sites (N-methyl/N-ethyl adjacent to an activating group) is 1. The van der Waals surface area contributed by atoms with Gasteiger partial charge < -0.3 is 9.80 Å². The van der Waals surface area contributed by atoms with Gasteiger partial charge in [0.1, 0.15) is 0 Å². The van der Waals surface area contributed by atoms with Crippen molar-refractivity contribution in [3.63, 3.8) is 0 Å². The number of fused-ring (bicyclic) bond motifs is 1. The van der Waals surface area contributed by atoms with E-state index in [0.717, 1.165) is 13.1 Å². The summed E-state index contributed by atoms with van der Waals surface area (Å²) in [6, 6.07) is 15.1. The molecule has 23 heavy (non-hydrogen) atoms. The van der Waals surface area contributed by atoms with Crippen LogP contribution in [0.2, 0.25) is 0 Å². The van der Waals surface area contributed by atoms with E-state index in [0.29, 0.717) is 13.0 Å². The van der Waals surface area contributed by atoms with Crippen molar-refractivity contribution in [2.24, 2.45) is 0 Å². The molecular formula is C20H24N2O. The number of benzene rings is 2. The summed E-state index contributed by atoms with van der Waals surface area (Å²) in [5, 5.41) is 0. The first-order valence-corrected chi connectivity index (χ1v) is 8.28. The lowest BCUT2D eigenvalue weighted by Gasteiger charge is -2.20. The van der Waals surface area contributed by atoms with E-state index in [1.165, 1.54) is 27.9 Å². The van der Waals surface area contributed by atoms with E-state index in [1.807, 2.05) is 11.8 Å². The molecule has 1 aliphatic rings. The molecule has 1 amide bonds. The largest absolute Gasteiger partial charge is 0.373 e. The Hall–Kier alpha value is -2.29. The summed E-state index contributed by atoms with van der Waals surface area (Å²) in [7, 11) is 2.10. The Bertz CT molecular complexity index is 723. The van der Waals surface area contributed by atoms with E-state index < -0.39 is 0 Å². The Morgan fingerprint density at radius 1 is 1.13 bits per heavy atom. The number of hydrogen-bond acceptors (Lipinski definition) is 2. The molecular weight excluding hydrogens is 284 g/mol. The molecule has 0 N–H and O–H groups in total. The van der Waals surface area contributed by atoms with Crippen molar-refractivity contribution < 1.29 is 4.79 Å². The average Bonchev–Trinajstić information content (AvgIpc) is 2.73. The lowest BCUT2D eigenvalue weighted by Crippen LogP contribution is -2.33. The van der Waals surface area contributed by atoms with Crippen LogP contribution in [0.3, 0.4) is 0 Å². The lowest BCUT2D eigenvalue weighted by atomic mass is 9.98.